The number of nitrogens with one attached hydrogen (secondary N) is 1. The second-order valence-corrected chi connectivity index (χ2v) is 5.02. The van der Waals surface area contributed by atoms with Gasteiger partial charge >= 0.3 is 0 Å². The Hall–Kier alpha value is -1.23. The van der Waals surface area contributed by atoms with Crippen molar-refractivity contribution in [1.29, 1.82) is 0 Å². The maximum Gasteiger partial charge on any atom is 0.152 e. The van der Waals surface area contributed by atoms with Gasteiger partial charge in [0.2, 0.25) is 0 Å². The molecule has 2 nitrogen and oxygen atoms in total. The lowest BCUT2D eigenvalue weighted by Gasteiger charge is -2.20. The maximum atomic E-state index is 13.7. The van der Waals surface area contributed by atoms with Gasteiger partial charge in [0.1, 0.15) is 11.5 Å². The van der Waals surface area contributed by atoms with Crippen LogP contribution in [0.2, 0.25) is 0 Å². The molecule has 1 heterocycles. The Balaban J connectivity index is 2.01. The van der Waals surface area contributed by atoms with Gasteiger partial charge in [0, 0.05) is 25.2 Å². The van der Waals surface area contributed by atoms with Gasteiger partial charge in [0.15, 0.2) is 11.6 Å². The van der Waals surface area contributed by atoms with Crippen molar-refractivity contribution in [3.63, 3.8) is 0 Å². The summed E-state index contributed by atoms with van der Waals surface area (Å²) < 4.78 is 40.2. The second kappa shape index (κ2) is 6.28. The first-order valence-corrected chi connectivity index (χ1v) is 6.72. The van der Waals surface area contributed by atoms with Crippen LogP contribution in [-0.4, -0.2) is 26.2 Å². The quantitative estimate of drug-likeness (QED) is 0.829. The third kappa shape index (κ3) is 3.41. The van der Waals surface area contributed by atoms with Gasteiger partial charge in [-0.15, -0.1) is 0 Å². The zero-order chi connectivity index (χ0) is 13.8. The molecule has 2 rings (SSSR count). The normalized spacial score (nSPS) is 19.2. The predicted octanol–water partition coefficient (Wildman–Crippen LogP) is 2.93. The van der Waals surface area contributed by atoms with Crippen LogP contribution < -0.4 is 10.2 Å². The smallest absolute Gasteiger partial charge is 0.152 e. The van der Waals surface area contributed by atoms with Crippen LogP contribution in [0.4, 0.5) is 18.9 Å². The molecule has 0 aromatic heterocycles. The van der Waals surface area contributed by atoms with E-state index in [1.54, 1.807) is 4.90 Å². The van der Waals surface area contributed by atoms with Gasteiger partial charge in [-0.1, -0.05) is 6.92 Å². The second-order valence-electron chi connectivity index (χ2n) is 5.02. The Morgan fingerprint density at radius 3 is 2.58 bits per heavy atom. The van der Waals surface area contributed by atoms with E-state index in [1.807, 2.05) is 0 Å². The molecule has 1 fully saturated rings. The van der Waals surface area contributed by atoms with Crippen LogP contribution in [0.25, 0.3) is 0 Å². The summed E-state index contributed by atoms with van der Waals surface area (Å²) in [6.45, 7) is 5.12. The summed E-state index contributed by atoms with van der Waals surface area (Å²) in [5, 5.41) is 3.31. The van der Waals surface area contributed by atoms with E-state index in [0.717, 1.165) is 38.1 Å². The highest BCUT2D eigenvalue weighted by molar-refractivity contribution is 5.50. The number of halogens is 3. The van der Waals surface area contributed by atoms with E-state index >= 15 is 0 Å². The molecular formula is C14H19F3N2. The summed E-state index contributed by atoms with van der Waals surface area (Å²) >= 11 is 0. The zero-order valence-electron chi connectivity index (χ0n) is 11.1. The zero-order valence-corrected chi connectivity index (χ0v) is 11.1. The summed E-state index contributed by atoms with van der Waals surface area (Å²) in [6, 6.07) is 1.47. The minimum Gasteiger partial charge on any atom is -0.366 e. The molecule has 0 amide bonds. The highest BCUT2D eigenvalue weighted by Gasteiger charge is 2.26. The van der Waals surface area contributed by atoms with Gasteiger partial charge in [-0.25, -0.2) is 13.2 Å². The molecular weight excluding hydrogens is 253 g/mol. The third-order valence-corrected chi connectivity index (χ3v) is 3.44. The lowest BCUT2D eigenvalue weighted by Crippen LogP contribution is -2.27. The number of anilines is 1. The summed E-state index contributed by atoms with van der Waals surface area (Å²) in [7, 11) is 0. The molecule has 19 heavy (non-hydrogen) atoms. The van der Waals surface area contributed by atoms with Gasteiger partial charge < -0.3 is 10.2 Å². The molecule has 1 aliphatic rings. The van der Waals surface area contributed by atoms with E-state index < -0.39 is 17.5 Å². The van der Waals surface area contributed by atoms with Gasteiger partial charge in [-0.05, 0) is 31.8 Å². The van der Waals surface area contributed by atoms with E-state index in [4.69, 9.17) is 0 Å². The highest BCUT2D eigenvalue weighted by Crippen LogP contribution is 2.29. The van der Waals surface area contributed by atoms with Crippen LogP contribution in [-0.2, 0) is 0 Å². The van der Waals surface area contributed by atoms with Gasteiger partial charge in [-0.3, -0.25) is 0 Å². The first kappa shape index (κ1) is 14.2. The van der Waals surface area contributed by atoms with Crippen molar-refractivity contribution in [2.45, 2.75) is 19.8 Å². The van der Waals surface area contributed by atoms with Gasteiger partial charge in [0.25, 0.3) is 0 Å². The average molecular weight is 272 g/mol. The molecule has 1 aromatic rings. The van der Waals surface area contributed by atoms with Crippen molar-refractivity contribution in [2.24, 2.45) is 5.92 Å². The van der Waals surface area contributed by atoms with E-state index in [9.17, 15) is 13.2 Å². The lowest BCUT2D eigenvalue weighted by molar-refractivity contribution is 0.512. The van der Waals surface area contributed by atoms with Crippen LogP contribution in [0, 0.1) is 23.4 Å². The molecule has 1 aromatic carbocycles. The first-order valence-electron chi connectivity index (χ1n) is 6.72. The first-order chi connectivity index (χ1) is 9.11. The number of rotatable bonds is 5. The van der Waals surface area contributed by atoms with Crippen LogP contribution in [0.3, 0.4) is 0 Å². The summed E-state index contributed by atoms with van der Waals surface area (Å²) in [4.78, 5) is 1.67. The molecule has 1 N–H and O–H groups in total. The molecule has 0 spiro atoms. The van der Waals surface area contributed by atoms with Crippen LogP contribution in [0.15, 0.2) is 12.1 Å². The molecule has 5 heteroatoms. The van der Waals surface area contributed by atoms with Crippen molar-refractivity contribution < 1.29 is 13.2 Å². The molecule has 1 aliphatic heterocycles. The average Bonchev–Trinajstić information content (AvgIpc) is 2.76. The van der Waals surface area contributed by atoms with Crippen molar-refractivity contribution in [2.75, 3.05) is 31.1 Å². The van der Waals surface area contributed by atoms with Gasteiger partial charge in [-0.2, -0.15) is 0 Å². The van der Waals surface area contributed by atoms with Crippen molar-refractivity contribution >= 4 is 5.69 Å². The molecule has 1 saturated heterocycles. The summed E-state index contributed by atoms with van der Waals surface area (Å²) in [6.07, 6.45) is 1.96. The monoisotopic (exact) mass is 272 g/mol. The summed E-state index contributed by atoms with van der Waals surface area (Å²) in [5.74, 6) is -2.13. The topological polar surface area (TPSA) is 15.3 Å². The van der Waals surface area contributed by atoms with Crippen LogP contribution >= 0.6 is 0 Å². The molecule has 0 saturated carbocycles. The predicted molar refractivity (Wildman–Crippen MR) is 69.8 cm³/mol. The maximum absolute atomic E-state index is 13.7. The number of hydrogen-bond acceptors (Lipinski definition) is 2. The van der Waals surface area contributed by atoms with E-state index in [2.05, 4.69) is 12.2 Å². The number of nitrogens with zero attached hydrogens (tertiary/aromatic N) is 1. The SMILES string of the molecule is CCCNCC1CCN(c2c(F)cc(F)cc2F)C1. The molecule has 0 aliphatic carbocycles. The van der Waals surface area contributed by atoms with Crippen molar-refractivity contribution in [1.82, 2.24) is 5.32 Å². The van der Waals surface area contributed by atoms with Crippen LogP contribution in [0.1, 0.15) is 19.8 Å². The van der Waals surface area contributed by atoms with Gasteiger partial charge in [0.05, 0.1) is 0 Å². The van der Waals surface area contributed by atoms with Crippen molar-refractivity contribution in [3.05, 3.63) is 29.6 Å². The van der Waals surface area contributed by atoms with E-state index in [0.29, 0.717) is 19.0 Å². The van der Waals surface area contributed by atoms with Crippen LogP contribution in [0.5, 0.6) is 0 Å². The molecule has 1 atom stereocenters. The molecule has 0 bridgehead atoms. The fourth-order valence-electron chi connectivity index (χ4n) is 2.52. The molecule has 106 valence electrons. The fraction of sp³-hybridized carbons (Fsp3) is 0.571. The van der Waals surface area contributed by atoms with E-state index in [-0.39, 0.29) is 5.69 Å². The standard InChI is InChI=1S/C14H19F3N2/c1-2-4-18-8-10-3-5-19(9-10)14-12(16)6-11(15)7-13(14)17/h6-7,10,18H,2-5,8-9H2,1H3. The Bertz CT molecular complexity index is 414. The minimum atomic E-state index is -0.876. The molecule has 0 radical (unpaired) electrons. The number of benzene rings is 1. The Labute approximate surface area is 111 Å². The Morgan fingerprint density at radius 2 is 1.95 bits per heavy atom. The Kier molecular flexibility index (Phi) is 4.69. The number of hydrogen-bond donors (Lipinski definition) is 1. The minimum absolute atomic E-state index is 0.0978. The largest absolute Gasteiger partial charge is 0.366 e. The summed E-state index contributed by atoms with van der Waals surface area (Å²) in [5.41, 5.74) is -0.0978. The highest BCUT2D eigenvalue weighted by atomic mass is 19.1. The lowest BCUT2D eigenvalue weighted by atomic mass is 10.1. The third-order valence-electron chi connectivity index (χ3n) is 3.44. The Morgan fingerprint density at radius 1 is 1.26 bits per heavy atom. The fourth-order valence-corrected chi connectivity index (χ4v) is 2.52. The molecule has 1 unspecified atom stereocenters. The van der Waals surface area contributed by atoms with Crippen molar-refractivity contribution in [3.8, 4) is 0 Å². The van der Waals surface area contributed by atoms with E-state index in [1.165, 1.54) is 0 Å².